The van der Waals surface area contributed by atoms with Gasteiger partial charge in [0.25, 0.3) is 0 Å². The summed E-state index contributed by atoms with van der Waals surface area (Å²) in [5.74, 6) is 0.862. The van der Waals surface area contributed by atoms with Crippen molar-refractivity contribution in [2.75, 3.05) is 61.5 Å². The van der Waals surface area contributed by atoms with E-state index in [2.05, 4.69) is 25.7 Å². The van der Waals surface area contributed by atoms with E-state index < -0.39 is 12.2 Å². The minimum Gasteiger partial charge on any atom is -0.461 e. The van der Waals surface area contributed by atoms with Gasteiger partial charge in [0.15, 0.2) is 0 Å². The number of piperidine rings is 1. The van der Waals surface area contributed by atoms with Gasteiger partial charge in [-0.15, -0.1) is 11.3 Å². The second kappa shape index (κ2) is 9.93. The van der Waals surface area contributed by atoms with Crippen molar-refractivity contribution in [3.63, 3.8) is 0 Å². The van der Waals surface area contributed by atoms with Crippen molar-refractivity contribution >= 4 is 28.2 Å². The molecule has 3 N–H and O–H groups in total. The Bertz CT molecular complexity index is 1430. The van der Waals surface area contributed by atoms with E-state index in [1.807, 2.05) is 4.90 Å². The van der Waals surface area contributed by atoms with Crippen LogP contribution in [0.25, 0.3) is 4.85 Å². The van der Waals surface area contributed by atoms with Gasteiger partial charge in [-0.25, -0.2) is 11.0 Å². The van der Waals surface area contributed by atoms with Crippen LogP contribution in [0.15, 0.2) is 0 Å². The highest BCUT2D eigenvalue weighted by atomic mass is 32.1. The highest BCUT2D eigenvalue weighted by Gasteiger charge is 2.53. The van der Waals surface area contributed by atoms with Gasteiger partial charge in [-0.2, -0.15) is 20.2 Å². The first-order valence-electron chi connectivity index (χ1n) is 14.5. The van der Waals surface area contributed by atoms with Gasteiger partial charge >= 0.3 is 6.01 Å². The Balaban J connectivity index is 1.19. The van der Waals surface area contributed by atoms with Gasteiger partial charge in [0.1, 0.15) is 29.9 Å². The first kappa shape index (κ1) is 26.6. The first-order chi connectivity index (χ1) is 19.9. The molecule has 0 saturated carbocycles. The zero-order valence-electron chi connectivity index (χ0n) is 22.9. The molecule has 1 aliphatic carbocycles. The van der Waals surface area contributed by atoms with Crippen LogP contribution in [-0.4, -0.2) is 94.7 Å². The number of alkyl halides is 1. The molecule has 4 aliphatic heterocycles. The van der Waals surface area contributed by atoms with Crippen molar-refractivity contribution in [3.8, 4) is 12.1 Å². The van der Waals surface area contributed by atoms with Crippen LogP contribution in [0.3, 0.4) is 0 Å². The highest BCUT2D eigenvalue weighted by molar-refractivity contribution is 7.16. The molecule has 41 heavy (non-hydrogen) atoms. The van der Waals surface area contributed by atoms with E-state index in [4.69, 9.17) is 27.0 Å². The fourth-order valence-corrected chi connectivity index (χ4v) is 9.08. The maximum Gasteiger partial charge on any atom is 0.323 e. The van der Waals surface area contributed by atoms with Crippen LogP contribution in [-0.2, 0) is 11.8 Å². The maximum atomic E-state index is 14.4. The van der Waals surface area contributed by atoms with Crippen LogP contribution in [0.5, 0.6) is 6.01 Å². The normalized spacial score (nSPS) is 30.1. The zero-order chi connectivity index (χ0) is 28.4. The van der Waals surface area contributed by atoms with Crippen LogP contribution in [0.4, 0.5) is 21.3 Å². The number of fused-ring (bicyclic) bond motifs is 3. The molecule has 4 fully saturated rings. The Labute approximate surface area is 242 Å². The van der Waals surface area contributed by atoms with Crippen LogP contribution in [0, 0.1) is 17.9 Å². The minimum atomic E-state index is -0.856. The molecule has 5 aliphatic rings. The molecule has 216 valence electrons. The number of hydrogen-bond donors (Lipinski definition) is 2. The standard InChI is InChI=1S/C28H34FN9O2S/c1-32-19-4-2-9-38(20(19)13-39)25-33-24(34-26(35-25)40-16-28-6-3-8-37(28)12-17(29)10-28)36-14-27(15-36)7-5-21-22(27)18(11-30)23(31)41-21/h17,19-20,39H,2-10,12-16,31H2/t17-,19+,20+,28+/m1/s1. The molecule has 4 atom stereocenters. The Morgan fingerprint density at radius 3 is 2.83 bits per heavy atom. The van der Waals surface area contributed by atoms with E-state index in [0.717, 1.165) is 50.6 Å². The van der Waals surface area contributed by atoms with E-state index in [1.54, 1.807) is 0 Å². The van der Waals surface area contributed by atoms with Crippen molar-refractivity contribution in [2.24, 2.45) is 0 Å². The lowest BCUT2D eigenvalue weighted by atomic mass is 9.74. The fourth-order valence-electron chi connectivity index (χ4n) is 7.94. The van der Waals surface area contributed by atoms with Crippen molar-refractivity contribution in [1.82, 2.24) is 19.9 Å². The summed E-state index contributed by atoms with van der Waals surface area (Å²) in [5, 5.41) is 20.6. The molecule has 0 amide bonds. The molecule has 6 heterocycles. The summed E-state index contributed by atoms with van der Waals surface area (Å²) < 4.78 is 20.6. The number of nitrogens with zero attached hydrogens (tertiary/aromatic N) is 8. The van der Waals surface area contributed by atoms with Crippen LogP contribution in [0.2, 0.25) is 0 Å². The number of aromatic nitrogens is 3. The predicted octanol–water partition coefficient (Wildman–Crippen LogP) is 2.30. The second-order valence-corrected chi connectivity index (χ2v) is 13.4. The summed E-state index contributed by atoms with van der Waals surface area (Å²) in [7, 11) is 0. The number of nitrogen functional groups attached to an aromatic ring is 1. The molecule has 2 aromatic heterocycles. The molecule has 0 unspecified atom stereocenters. The SMILES string of the molecule is [C-]#[N+][C@H]1CCCN(c2nc(OC[C@@]34CCCN3C[C@H](F)C4)nc(N3CC4(CCc5sc(N)c(C#N)c54)C3)n2)[C@H]1CO. The average Bonchev–Trinajstić information content (AvgIpc) is 3.68. The number of rotatable bonds is 6. The number of aliphatic hydroxyl groups is 1. The van der Waals surface area contributed by atoms with Gasteiger partial charge in [-0.05, 0) is 44.2 Å². The second-order valence-electron chi connectivity index (χ2n) is 12.3. The van der Waals surface area contributed by atoms with Gasteiger partial charge in [0, 0.05) is 49.3 Å². The molecule has 0 bridgehead atoms. The Morgan fingerprint density at radius 2 is 2.05 bits per heavy atom. The quantitative estimate of drug-likeness (QED) is 0.492. The number of ether oxygens (including phenoxy) is 1. The number of anilines is 3. The van der Waals surface area contributed by atoms with E-state index in [-0.39, 0.29) is 29.6 Å². The van der Waals surface area contributed by atoms with E-state index in [0.29, 0.717) is 61.7 Å². The maximum absolute atomic E-state index is 14.4. The van der Waals surface area contributed by atoms with Crippen molar-refractivity contribution in [2.45, 2.75) is 74.2 Å². The zero-order valence-corrected chi connectivity index (χ0v) is 23.7. The predicted molar refractivity (Wildman–Crippen MR) is 152 cm³/mol. The fraction of sp³-hybridized carbons (Fsp3) is 0.679. The molecular weight excluding hydrogens is 545 g/mol. The van der Waals surface area contributed by atoms with Crippen molar-refractivity contribution in [3.05, 3.63) is 27.4 Å². The molecule has 7 rings (SSSR count). The summed E-state index contributed by atoms with van der Waals surface area (Å²) in [5.41, 5.74) is 7.37. The third kappa shape index (κ3) is 4.20. The lowest BCUT2D eigenvalue weighted by Crippen LogP contribution is -2.59. The number of aryl methyl sites for hydroxylation is 1. The number of hydrogen-bond acceptors (Lipinski definition) is 11. The summed E-state index contributed by atoms with van der Waals surface area (Å²) >= 11 is 1.52. The molecule has 4 saturated heterocycles. The van der Waals surface area contributed by atoms with Gasteiger partial charge < -0.3 is 30.2 Å². The van der Waals surface area contributed by atoms with Gasteiger partial charge in [0.05, 0.1) is 17.7 Å². The molecule has 0 aromatic carbocycles. The summed E-state index contributed by atoms with van der Waals surface area (Å²) in [4.78, 5) is 25.4. The summed E-state index contributed by atoms with van der Waals surface area (Å²) in [6.07, 6.45) is 4.87. The number of halogens is 1. The van der Waals surface area contributed by atoms with E-state index in [9.17, 15) is 14.8 Å². The van der Waals surface area contributed by atoms with Crippen LogP contribution < -0.4 is 20.3 Å². The minimum absolute atomic E-state index is 0.153. The topological polar surface area (TPSA) is 132 Å². The summed E-state index contributed by atoms with van der Waals surface area (Å²) in [6.45, 7) is 11.0. The van der Waals surface area contributed by atoms with Crippen LogP contribution >= 0.6 is 11.3 Å². The third-order valence-electron chi connectivity index (χ3n) is 9.93. The Hall–Kier alpha value is -3.26. The first-order valence-corrected chi connectivity index (χ1v) is 15.3. The average molecular weight is 580 g/mol. The number of nitrogens with two attached hydrogens (primary N) is 1. The molecule has 2 aromatic rings. The smallest absolute Gasteiger partial charge is 0.323 e. The van der Waals surface area contributed by atoms with Gasteiger partial charge in [-0.1, -0.05) is 0 Å². The lowest BCUT2D eigenvalue weighted by molar-refractivity contribution is 0.107. The van der Waals surface area contributed by atoms with Crippen molar-refractivity contribution < 1.29 is 14.2 Å². The Kier molecular flexibility index (Phi) is 6.45. The van der Waals surface area contributed by atoms with Gasteiger partial charge in [-0.3, -0.25) is 4.90 Å². The van der Waals surface area contributed by atoms with E-state index in [1.165, 1.54) is 16.2 Å². The molecule has 13 heteroatoms. The van der Waals surface area contributed by atoms with Gasteiger partial charge in [0.2, 0.25) is 17.9 Å². The largest absolute Gasteiger partial charge is 0.461 e. The molecule has 0 radical (unpaired) electrons. The van der Waals surface area contributed by atoms with Crippen LogP contribution in [0.1, 0.15) is 54.5 Å². The highest BCUT2D eigenvalue weighted by Crippen LogP contribution is 2.52. The lowest BCUT2D eigenvalue weighted by Gasteiger charge is -2.48. The number of aliphatic hydroxyl groups excluding tert-OH is 1. The number of thiophene rings is 1. The number of nitriles is 1. The summed E-state index contributed by atoms with van der Waals surface area (Å²) in [6, 6.07) is 1.74. The monoisotopic (exact) mass is 579 g/mol. The van der Waals surface area contributed by atoms with E-state index >= 15 is 0 Å². The third-order valence-corrected chi connectivity index (χ3v) is 11.0. The molecular formula is C28H34FN9O2S. The van der Waals surface area contributed by atoms with Crippen molar-refractivity contribution in [1.29, 1.82) is 5.26 Å². The Morgan fingerprint density at radius 1 is 1.22 bits per heavy atom. The molecule has 11 nitrogen and oxygen atoms in total. The molecule has 1 spiro atoms.